The minimum atomic E-state index is -0.151. The zero-order valence-corrected chi connectivity index (χ0v) is 14.3. The summed E-state index contributed by atoms with van der Waals surface area (Å²) >= 11 is 0. The maximum absolute atomic E-state index is 12.7. The van der Waals surface area contributed by atoms with Crippen LogP contribution in [0.5, 0.6) is 5.75 Å². The number of ether oxygens (including phenoxy) is 1. The fourth-order valence-electron chi connectivity index (χ4n) is 2.96. The Morgan fingerprint density at radius 3 is 2.54 bits per heavy atom. The quantitative estimate of drug-likeness (QED) is 0.798. The van der Waals surface area contributed by atoms with Crippen LogP contribution in [0.2, 0.25) is 0 Å². The van der Waals surface area contributed by atoms with Crippen molar-refractivity contribution in [2.45, 2.75) is 32.9 Å². The maximum atomic E-state index is 12.7. The first-order valence-corrected chi connectivity index (χ1v) is 8.64. The van der Waals surface area contributed by atoms with Crippen LogP contribution in [0.25, 0.3) is 0 Å². The van der Waals surface area contributed by atoms with Crippen molar-refractivity contribution in [1.29, 1.82) is 0 Å². The highest BCUT2D eigenvalue weighted by Gasteiger charge is 2.31. The van der Waals surface area contributed by atoms with E-state index in [1.54, 1.807) is 0 Å². The first-order chi connectivity index (χ1) is 11.7. The number of fused-ring (bicyclic) bond motifs is 1. The number of anilines is 1. The zero-order valence-electron chi connectivity index (χ0n) is 14.3. The lowest BCUT2D eigenvalue weighted by molar-refractivity contribution is 0.0695. The molecule has 2 aromatic rings. The van der Waals surface area contributed by atoms with Crippen LogP contribution < -0.4 is 10.1 Å². The van der Waals surface area contributed by atoms with Gasteiger partial charge in [0.15, 0.2) is 0 Å². The van der Waals surface area contributed by atoms with Gasteiger partial charge in [-0.05, 0) is 43.2 Å². The van der Waals surface area contributed by atoms with Crippen molar-refractivity contribution >= 4 is 11.6 Å². The number of hydrogen-bond acceptors (Lipinski definition) is 3. The second-order valence-corrected chi connectivity index (χ2v) is 5.95. The van der Waals surface area contributed by atoms with E-state index >= 15 is 0 Å². The molecular formula is C20H24N2O2. The van der Waals surface area contributed by atoms with E-state index in [0.29, 0.717) is 6.54 Å². The Balaban J connectivity index is 1.81. The molecule has 0 aliphatic carbocycles. The summed E-state index contributed by atoms with van der Waals surface area (Å²) in [6.45, 7) is 5.54. The average Bonchev–Trinajstić information content (AvgIpc) is 2.62. The molecule has 0 fully saturated rings. The molecule has 3 rings (SSSR count). The van der Waals surface area contributed by atoms with Gasteiger partial charge in [-0.1, -0.05) is 37.6 Å². The van der Waals surface area contributed by atoms with Gasteiger partial charge in [-0.15, -0.1) is 0 Å². The molecular weight excluding hydrogens is 300 g/mol. The molecule has 0 saturated carbocycles. The molecule has 1 unspecified atom stereocenters. The number of amides is 1. The molecule has 4 nitrogen and oxygen atoms in total. The van der Waals surface area contributed by atoms with Crippen LogP contribution in [-0.4, -0.2) is 24.0 Å². The van der Waals surface area contributed by atoms with E-state index in [-0.39, 0.29) is 12.1 Å². The van der Waals surface area contributed by atoms with Crippen molar-refractivity contribution in [3.63, 3.8) is 0 Å². The SMILES string of the molecule is CCCCOc1ccc(C2Nc3ccccc3C(=O)N2CC)cc1. The summed E-state index contributed by atoms with van der Waals surface area (Å²) in [6.07, 6.45) is 2.03. The molecule has 0 spiro atoms. The topological polar surface area (TPSA) is 41.6 Å². The van der Waals surface area contributed by atoms with Crippen LogP contribution in [0.4, 0.5) is 5.69 Å². The molecule has 0 bridgehead atoms. The van der Waals surface area contributed by atoms with Gasteiger partial charge in [-0.3, -0.25) is 4.79 Å². The van der Waals surface area contributed by atoms with E-state index < -0.39 is 0 Å². The minimum Gasteiger partial charge on any atom is -0.494 e. The molecule has 24 heavy (non-hydrogen) atoms. The van der Waals surface area contributed by atoms with E-state index in [1.165, 1.54) is 0 Å². The second kappa shape index (κ2) is 7.39. The zero-order chi connectivity index (χ0) is 16.9. The summed E-state index contributed by atoms with van der Waals surface area (Å²) in [5.41, 5.74) is 2.68. The smallest absolute Gasteiger partial charge is 0.257 e. The number of benzene rings is 2. The van der Waals surface area contributed by atoms with Crippen LogP contribution in [0.1, 0.15) is 48.8 Å². The summed E-state index contributed by atoms with van der Waals surface area (Å²) in [7, 11) is 0. The van der Waals surface area contributed by atoms with Crippen LogP contribution >= 0.6 is 0 Å². The molecule has 1 atom stereocenters. The Labute approximate surface area is 143 Å². The third-order valence-corrected chi connectivity index (χ3v) is 4.33. The first-order valence-electron chi connectivity index (χ1n) is 8.64. The Hall–Kier alpha value is -2.49. The van der Waals surface area contributed by atoms with E-state index in [2.05, 4.69) is 12.2 Å². The van der Waals surface area contributed by atoms with Gasteiger partial charge in [-0.2, -0.15) is 0 Å². The fraction of sp³-hybridized carbons (Fsp3) is 0.350. The number of para-hydroxylation sites is 1. The summed E-state index contributed by atoms with van der Waals surface area (Å²) in [4.78, 5) is 14.6. The number of unbranched alkanes of at least 4 members (excludes halogenated alkanes) is 1. The van der Waals surface area contributed by atoms with Gasteiger partial charge in [0.25, 0.3) is 5.91 Å². The van der Waals surface area contributed by atoms with E-state index in [4.69, 9.17) is 4.74 Å². The Morgan fingerprint density at radius 1 is 1.08 bits per heavy atom. The van der Waals surface area contributed by atoms with Crippen molar-refractivity contribution in [1.82, 2.24) is 4.90 Å². The number of hydrogen-bond donors (Lipinski definition) is 1. The number of nitrogens with one attached hydrogen (secondary N) is 1. The Kier molecular flexibility index (Phi) is 5.04. The van der Waals surface area contributed by atoms with Gasteiger partial charge >= 0.3 is 0 Å². The first kappa shape index (κ1) is 16.4. The van der Waals surface area contributed by atoms with Crippen molar-refractivity contribution < 1.29 is 9.53 Å². The second-order valence-electron chi connectivity index (χ2n) is 5.95. The van der Waals surface area contributed by atoms with Crippen LogP contribution in [0.3, 0.4) is 0 Å². The highest BCUT2D eigenvalue weighted by atomic mass is 16.5. The summed E-state index contributed by atoms with van der Waals surface area (Å²) in [5.74, 6) is 0.943. The number of nitrogens with zero attached hydrogens (tertiary/aromatic N) is 1. The van der Waals surface area contributed by atoms with Crippen molar-refractivity contribution in [3.05, 3.63) is 59.7 Å². The normalized spacial score (nSPS) is 16.5. The molecule has 0 radical (unpaired) electrons. The lowest BCUT2D eigenvalue weighted by Crippen LogP contribution is -2.42. The van der Waals surface area contributed by atoms with Crippen molar-refractivity contribution in [3.8, 4) is 5.75 Å². The summed E-state index contributed by atoms with van der Waals surface area (Å²) in [6, 6.07) is 15.7. The third-order valence-electron chi connectivity index (χ3n) is 4.33. The van der Waals surface area contributed by atoms with Crippen LogP contribution in [0, 0.1) is 0 Å². The van der Waals surface area contributed by atoms with E-state index in [0.717, 1.165) is 42.0 Å². The highest BCUT2D eigenvalue weighted by molar-refractivity contribution is 6.01. The van der Waals surface area contributed by atoms with Crippen molar-refractivity contribution in [2.75, 3.05) is 18.5 Å². The van der Waals surface area contributed by atoms with Gasteiger partial charge in [0.05, 0.1) is 12.2 Å². The Morgan fingerprint density at radius 2 is 1.83 bits per heavy atom. The molecule has 2 aromatic carbocycles. The summed E-state index contributed by atoms with van der Waals surface area (Å²) in [5, 5.41) is 3.48. The average molecular weight is 324 g/mol. The lowest BCUT2D eigenvalue weighted by Gasteiger charge is -2.37. The molecule has 126 valence electrons. The van der Waals surface area contributed by atoms with Crippen LogP contribution in [0.15, 0.2) is 48.5 Å². The largest absolute Gasteiger partial charge is 0.494 e. The van der Waals surface area contributed by atoms with Gasteiger partial charge in [0.1, 0.15) is 11.9 Å². The summed E-state index contributed by atoms with van der Waals surface area (Å²) < 4.78 is 5.72. The lowest BCUT2D eigenvalue weighted by atomic mass is 10.0. The maximum Gasteiger partial charge on any atom is 0.257 e. The monoisotopic (exact) mass is 324 g/mol. The van der Waals surface area contributed by atoms with Gasteiger partial charge in [0, 0.05) is 12.2 Å². The predicted octanol–water partition coefficient (Wildman–Crippen LogP) is 4.45. The van der Waals surface area contributed by atoms with Gasteiger partial charge in [0.2, 0.25) is 0 Å². The fourth-order valence-corrected chi connectivity index (χ4v) is 2.96. The molecule has 1 heterocycles. The predicted molar refractivity (Wildman–Crippen MR) is 96.4 cm³/mol. The van der Waals surface area contributed by atoms with E-state index in [9.17, 15) is 4.79 Å². The number of rotatable bonds is 6. The van der Waals surface area contributed by atoms with Crippen LogP contribution in [-0.2, 0) is 0 Å². The highest BCUT2D eigenvalue weighted by Crippen LogP contribution is 2.33. The van der Waals surface area contributed by atoms with Crippen molar-refractivity contribution in [2.24, 2.45) is 0 Å². The molecule has 1 aliphatic rings. The molecule has 0 saturated heterocycles. The number of carbonyl (C=O) groups is 1. The third kappa shape index (κ3) is 3.23. The molecule has 1 aliphatic heterocycles. The van der Waals surface area contributed by atoms with Gasteiger partial charge in [-0.25, -0.2) is 0 Å². The Bertz CT molecular complexity index is 697. The molecule has 1 N–H and O–H groups in total. The minimum absolute atomic E-state index is 0.0696. The van der Waals surface area contributed by atoms with E-state index in [1.807, 2.05) is 60.4 Å². The molecule has 1 amide bonds. The van der Waals surface area contributed by atoms with Gasteiger partial charge < -0.3 is 15.0 Å². The molecule has 0 aromatic heterocycles. The standard InChI is InChI=1S/C20H24N2O2/c1-3-5-14-24-16-12-10-15(11-13-16)19-21-18-9-7-6-8-17(18)20(23)22(19)4-2/h6-13,19,21H,3-5,14H2,1-2H3. The molecule has 4 heteroatoms. The number of carbonyl (C=O) groups excluding carboxylic acids is 1.